The summed E-state index contributed by atoms with van der Waals surface area (Å²) < 4.78 is 12.0. The van der Waals surface area contributed by atoms with E-state index in [0.717, 1.165) is 16.7 Å². The third-order valence-corrected chi connectivity index (χ3v) is 5.52. The molecule has 0 unspecified atom stereocenters. The van der Waals surface area contributed by atoms with Crippen LogP contribution in [0.1, 0.15) is 16.9 Å². The first kappa shape index (κ1) is 22.1. The Balaban J connectivity index is 1.20. The molecule has 0 radical (unpaired) electrons. The number of carbonyl (C=O) groups is 1. The molecular weight excluding hydrogens is 446 g/mol. The lowest BCUT2D eigenvalue weighted by atomic mass is 10.0. The SMILES string of the molecule is N#Cc1cccc(-c2cccc(CNCCc3cn(-c4ccc5c(n4)NC(=O)CO5)c(=O)o3)c2)c1. The summed E-state index contributed by atoms with van der Waals surface area (Å²) in [4.78, 5) is 28.2. The van der Waals surface area contributed by atoms with Crippen LogP contribution in [0.2, 0.25) is 0 Å². The highest BCUT2D eigenvalue weighted by atomic mass is 16.5. The number of aromatic nitrogens is 2. The summed E-state index contributed by atoms with van der Waals surface area (Å²) in [6.45, 7) is 1.18. The molecule has 1 amide bonds. The summed E-state index contributed by atoms with van der Waals surface area (Å²) in [5.41, 5.74) is 3.77. The number of hydrogen-bond acceptors (Lipinski definition) is 7. The maximum atomic E-state index is 12.3. The van der Waals surface area contributed by atoms with Crippen LogP contribution >= 0.6 is 0 Å². The van der Waals surface area contributed by atoms with E-state index in [-0.39, 0.29) is 18.3 Å². The molecule has 2 aromatic carbocycles. The predicted molar refractivity (Wildman–Crippen MR) is 128 cm³/mol. The topological polar surface area (TPSA) is 122 Å². The molecule has 3 heterocycles. The van der Waals surface area contributed by atoms with Gasteiger partial charge in [0.2, 0.25) is 0 Å². The minimum Gasteiger partial charge on any atom is -0.480 e. The molecular formula is C26H21N5O4. The Bertz CT molecular complexity index is 1500. The van der Waals surface area contributed by atoms with Gasteiger partial charge in [0.15, 0.2) is 18.2 Å². The summed E-state index contributed by atoms with van der Waals surface area (Å²) in [7, 11) is 0. The van der Waals surface area contributed by atoms with E-state index >= 15 is 0 Å². The number of ether oxygens (including phenoxy) is 1. The van der Waals surface area contributed by atoms with Crippen LogP contribution in [0.3, 0.4) is 0 Å². The van der Waals surface area contributed by atoms with Crippen molar-refractivity contribution < 1.29 is 13.9 Å². The van der Waals surface area contributed by atoms with Gasteiger partial charge in [-0.05, 0) is 47.0 Å². The number of rotatable bonds is 7. The van der Waals surface area contributed by atoms with E-state index in [9.17, 15) is 9.59 Å². The van der Waals surface area contributed by atoms with Crippen molar-refractivity contribution in [3.63, 3.8) is 0 Å². The lowest BCUT2D eigenvalue weighted by Gasteiger charge is -2.17. The van der Waals surface area contributed by atoms with Gasteiger partial charge in [-0.25, -0.2) is 14.3 Å². The average Bonchev–Trinajstić information content (AvgIpc) is 3.26. The summed E-state index contributed by atoms with van der Waals surface area (Å²) in [6, 6.07) is 21.1. The number of carbonyl (C=O) groups excluding carboxylic acids is 1. The third-order valence-electron chi connectivity index (χ3n) is 5.52. The molecule has 4 aromatic rings. The smallest absolute Gasteiger partial charge is 0.424 e. The number of nitrogens with zero attached hydrogens (tertiary/aromatic N) is 3. The quantitative estimate of drug-likeness (QED) is 0.401. The molecule has 2 aromatic heterocycles. The number of benzene rings is 2. The molecule has 0 aliphatic carbocycles. The number of nitriles is 1. The number of oxazole rings is 1. The Kier molecular flexibility index (Phi) is 6.11. The third kappa shape index (κ3) is 4.98. The Morgan fingerprint density at radius 3 is 2.77 bits per heavy atom. The molecule has 1 aliphatic heterocycles. The van der Waals surface area contributed by atoms with Gasteiger partial charge in [0.25, 0.3) is 5.91 Å². The van der Waals surface area contributed by atoms with Gasteiger partial charge in [-0.2, -0.15) is 5.26 Å². The summed E-state index contributed by atoms with van der Waals surface area (Å²) in [6.07, 6.45) is 2.12. The molecule has 9 nitrogen and oxygen atoms in total. The molecule has 5 rings (SSSR count). The van der Waals surface area contributed by atoms with E-state index in [1.54, 1.807) is 24.4 Å². The molecule has 0 saturated carbocycles. The fourth-order valence-electron chi connectivity index (χ4n) is 3.82. The van der Waals surface area contributed by atoms with Crippen LogP contribution in [0.25, 0.3) is 16.9 Å². The first-order chi connectivity index (χ1) is 17.1. The van der Waals surface area contributed by atoms with Crippen molar-refractivity contribution in [1.29, 1.82) is 5.26 Å². The van der Waals surface area contributed by atoms with Gasteiger partial charge in [0.1, 0.15) is 11.6 Å². The van der Waals surface area contributed by atoms with Crippen LogP contribution in [0.5, 0.6) is 5.75 Å². The number of nitrogens with one attached hydrogen (secondary N) is 2. The highest BCUT2D eigenvalue weighted by Crippen LogP contribution is 2.26. The molecule has 0 bridgehead atoms. The van der Waals surface area contributed by atoms with Crippen LogP contribution in [0, 0.1) is 11.3 Å². The molecule has 1 aliphatic rings. The van der Waals surface area contributed by atoms with Gasteiger partial charge in [0, 0.05) is 19.5 Å². The molecule has 0 saturated heterocycles. The normalized spacial score (nSPS) is 12.4. The minimum atomic E-state index is -0.553. The zero-order valence-electron chi connectivity index (χ0n) is 18.7. The molecule has 35 heavy (non-hydrogen) atoms. The van der Waals surface area contributed by atoms with Crippen molar-refractivity contribution in [2.45, 2.75) is 13.0 Å². The second-order valence-electron chi connectivity index (χ2n) is 8.01. The van der Waals surface area contributed by atoms with Gasteiger partial charge in [0.05, 0.1) is 17.8 Å². The number of hydrogen-bond donors (Lipinski definition) is 2. The van der Waals surface area contributed by atoms with Gasteiger partial charge in [-0.3, -0.25) is 4.79 Å². The molecule has 174 valence electrons. The zero-order chi connectivity index (χ0) is 24.2. The Labute approximate surface area is 200 Å². The summed E-state index contributed by atoms with van der Waals surface area (Å²) in [5.74, 6) is 0.731. The summed E-state index contributed by atoms with van der Waals surface area (Å²) in [5, 5.41) is 15.1. The standard InChI is InChI=1S/C26H21N5O4/c27-13-17-3-1-5-19(11-17)20-6-2-4-18(12-20)14-28-10-9-21-15-31(26(33)35-21)23-8-7-22-25(29-23)30-24(32)16-34-22/h1-8,11-12,15,28H,9-10,14,16H2,(H,29,30,32). The highest BCUT2D eigenvalue weighted by Gasteiger charge is 2.19. The summed E-state index contributed by atoms with van der Waals surface area (Å²) >= 11 is 0. The first-order valence-electron chi connectivity index (χ1n) is 11.0. The predicted octanol–water partition coefficient (Wildman–Crippen LogP) is 3.03. The van der Waals surface area contributed by atoms with Crippen LogP contribution in [0.4, 0.5) is 5.82 Å². The molecule has 0 spiro atoms. The van der Waals surface area contributed by atoms with Crippen LogP contribution < -0.4 is 21.1 Å². The van der Waals surface area contributed by atoms with Crippen molar-refractivity contribution in [2.75, 3.05) is 18.5 Å². The van der Waals surface area contributed by atoms with E-state index in [1.165, 1.54) is 4.57 Å². The molecule has 0 atom stereocenters. The number of anilines is 1. The minimum absolute atomic E-state index is 0.0600. The fourth-order valence-corrected chi connectivity index (χ4v) is 3.82. The Morgan fingerprint density at radius 1 is 1.09 bits per heavy atom. The van der Waals surface area contributed by atoms with E-state index in [4.69, 9.17) is 14.4 Å². The van der Waals surface area contributed by atoms with Gasteiger partial charge >= 0.3 is 5.76 Å². The number of amides is 1. The molecule has 2 N–H and O–H groups in total. The van der Waals surface area contributed by atoms with Gasteiger partial charge in [-0.15, -0.1) is 0 Å². The fraction of sp³-hybridized carbons (Fsp3) is 0.154. The van der Waals surface area contributed by atoms with Gasteiger partial charge < -0.3 is 19.8 Å². The second kappa shape index (κ2) is 9.67. The van der Waals surface area contributed by atoms with Crippen molar-refractivity contribution in [3.05, 3.63) is 94.3 Å². The van der Waals surface area contributed by atoms with E-state index in [2.05, 4.69) is 27.8 Å². The zero-order valence-corrected chi connectivity index (χ0v) is 18.7. The van der Waals surface area contributed by atoms with Crippen molar-refractivity contribution in [1.82, 2.24) is 14.9 Å². The maximum absolute atomic E-state index is 12.3. The largest absolute Gasteiger partial charge is 0.480 e. The van der Waals surface area contributed by atoms with E-state index in [1.807, 2.05) is 36.4 Å². The van der Waals surface area contributed by atoms with E-state index in [0.29, 0.717) is 42.4 Å². The Hall–Kier alpha value is -4.68. The monoisotopic (exact) mass is 467 g/mol. The second-order valence-corrected chi connectivity index (χ2v) is 8.01. The number of pyridine rings is 1. The van der Waals surface area contributed by atoms with Gasteiger partial charge in [-0.1, -0.05) is 30.3 Å². The lowest BCUT2D eigenvalue weighted by molar-refractivity contribution is -0.118. The first-order valence-corrected chi connectivity index (χ1v) is 11.0. The highest BCUT2D eigenvalue weighted by molar-refractivity contribution is 5.94. The van der Waals surface area contributed by atoms with E-state index < -0.39 is 5.76 Å². The van der Waals surface area contributed by atoms with Crippen molar-refractivity contribution in [2.24, 2.45) is 0 Å². The molecule has 0 fully saturated rings. The maximum Gasteiger partial charge on any atom is 0.424 e. The average molecular weight is 467 g/mol. The molecule has 9 heteroatoms. The van der Waals surface area contributed by atoms with Crippen LogP contribution in [-0.2, 0) is 17.8 Å². The van der Waals surface area contributed by atoms with Crippen molar-refractivity contribution >= 4 is 11.7 Å². The van der Waals surface area contributed by atoms with Crippen molar-refractivity contribution in [3.8, 4) is 28.8 Å². The Morgan fingerprint density at radius 2 is 1.91 bits per heavy atom. The lowest BCUT2D eigenvalue weighted by Crippen LogP contribution is -2.26. The van der Waals surface area contributed by atoms with Crippen LogP contribution in [-0.4, -0.2) is 28.6 Å². The van der Waals surface area contributed by atoms with Crippen LogP contribution in [0.15, 0.2) is 76.1 Å². The number of fused-ring (bicyclic) bond motifs is 1.